The topological polar surface area (TPSA) is 26.3 Å². The minimum absolute atomic E-state index is 0.326. The molecule has 0 N–H and O–H groups in total. The zero-order valence-electron chi connectivity index (χ0n) is 9.11. The van der Waals surface area contributed by atoms with Crippen molar-refractivity contribution in [3.05, 3.63) is 40.8 Å². The van der Waals surface area contributed by atoms with Crippen LogP contribution in [0.25, 0.3) is 0 Å². The van der Waals surface area contributed by atoms with Crippen molar-refractivity contribution in [3.63, 3.8) is 0 Å². The van der Waals surface area contributed by atoms with Gasteiger partial charge in [0.05, 0.1) is 7.11 Å². The molecule has 0 aliphatic rings. The van der Waals surface area contributed by atoms with Gasteiger partial charge in [0.2, 0.25) is 0 Å². The lowest BCUT2D eigenvalue weighted by Gasteiger charge is -2.02. The van der Waals surface area contributed by atoms with Gasteiger partial charge in [0.15, 0.2) is 0 Å². The molecule has 0 radical (unpaired) electrons. The summed E-state index contributed by atoms with van der Waals surface area (Å²) in [6.45, 7) is 4.10. The van der Waals surface area contributed by atoms with Crippen LogP contribution >= 0.6 is 11.8 Å². The molecule has 15 heavy (non-hydrogen) atoms. The first-order valence-electron chi connectivity index (χ1n) is 4.62. The van der Waals surface area contributed by atoms with Crippen LogP contribution in [0.3, 0.4) is 0 Å². The van der Waals surface area contributed by atoms with Crippen molar-refractivity contribution in [1.82, 2.24) is 0 Å². The number of aryl methyl sites for hydroxylation is 2. The molecule has 1 aromatic rings. The van der Waals surface area contributed by atoms with E-state index in [0.29, 0.717) is 0 Å². The van der Waals surface area contributed by atoms with Crippen molar-refractivity contribution < 1.29 is 9.53 Å². The zero-order chi connectivity index (χ0) is 11.3. The third kappa shape index (κ3) is 3.80. The summed E-state index contributed by atoms with van der Waals surface area (Å²) in [5.41, 5.74) is 2.43. The van der Waals surface area contributed by atoms with Crippen molar-refractivity contribution >= 4 is 17.7 Å². The second-order valence-corrected chi connectivity index (χ2v) is 4.16. The van der Waals surface area contributed by atoms with Crippen LogP contribution in [0.5, 0.6) is 0 Å². The van der Waals surface area contributed by atoms with Crippen LogP contribution in [0.4, 0.5) is 0 Å². The van der Waals surface area contributed by atoms with Crippen molar-refractivity contribution in [1.29, 1.82) is 0 Å². The molecule has 1 aromatic carbocycles. The van der Waals surface area contributed by atoms with Gasteiger partial charge in [-0.15, -0.1) is 0 Å². The number of carbonyl (C=O) groups is 1. The highest BCUT2D eigenvalue weighted by molar-refractivity contribution is 8.02. The molecule has 1 rings (SSSR count). The molecule has 0 saturated carbocycles. The Morgan fingerprint density at radius 3 is 2.80 bits per heavy atom. The van der Waals surface area contributed by atoms with Crippen LogP contribution in [0.15, 0.2) is 34.6 Å². The molecule has 2 nitrogen and oxygen atoms in total. The van der Waals surface area contributed by atoms with E-state index in [9.17, 15) is 4.79 Å². The molecule has 3 heteroatoms. The number of carbonyl (C=O) groups excluding carboxylic acids is 1. The first kappa shape index (κ1) is 11.9. The summed E-state index contributed by atoms with van der Waals surface area (Å²) in [6.07, 6.45) is 1.42. The Bertz CT molecular complexity index is 383. The molecule has 0 unspecified atom stereocenters. The van der Waals surface area contributed by atoms with Crippen LogP contribution in [-0.2, 0) is 9.53 Å². The van der Waals surface area contributed by atoms with Gasteiger partial charge in [-0.3, -0.25) is 0 Å². The molecule has 0 heterocycles. The van der Waals surface area contributed by atoms with Gasteiger partial charge in [-0.1, -0.05) is 23.9 Å². The molecule has 80 valence electrons. The van der Waals surface area contributed by atoms with E-state index >= 15 is 0 Å². The van der Waals surface area contributed by atoms with E-state index in [0.717, 1.165) is 4.90 Å². The summed E-state index contributed by atoms with van der Waals surface area (Å²) in [5.74, 6) is -0.326. The molecule has 0 saturated heterocycles. The van der Waals surface area contributed by atoms with Crippen LogP contribution < -0.4 is 0 Å². The van der Waals surface area contributed by atoms with Crippen LogP contribution in [-0.4, -0.2) is 13.1 Å². The Hall–Kier alpha value is -1.22. The Labute approximate surface area is 94.3 Å². The van der Waals surface area contributed by atoms with E-state index in [1.165, 1.54) is 36.1 Å². The SMILES string of the molecule is COC(=O)C=CSc1cc(C)ccc1C. The molecular formula is C12H14O2S. The van der Waals surface area contributed by atoms with Gasteiger partial charge in [-0.05, 0) is 36.4 Å². The first-order valence-corrected chi connectivity index (χ1v) is 5.50. The van der Waals surface area contributed by atoms with E-state index in [1.54, 1.807) is 5.41 Å². The fourth-order valence-electron chi connectivity index (χ4n) is 1.07. The maximum Gasteiger partial charge on any atom is 0.330 e. The highest BCUT2D eigenvalue weighted by Gasteiger charge is 1.97. The van der Waals surface area contributed by atoms with E-state index in [1.807, 2.05) is 13.8 Å². The van der Waals surface area contributed by atoms with Crippen molar-refractivity contribution in [2.24, 2.45) is 0 Å². The normalized spacial score (nSPS) is 10.6. The third-order valence-corrected chi connectivity index (χ3v) is 2.91. The molecule has 0 fully saturated rings. The lowest BCUT2D eigenvalue weighted by Crippen LogP contribution is -1.92. The second-order valence-electron chi connectivity index (χ2n) is 3.21. The molecule has 0 atom stereocenters. The van der Waals surface area contributed by atoms with Crippen LogP contribution in [0.2, 0.25) is 0 Å². The number of benzene rings is 1. The van der Waals surface area contributed by atoms with Gasteiger partial charge in [-0.25, -0.2) is 4.79 Å². The van der Waals surface area contributed by atoms with Crippen molar-refractivity contribution in [2.45, 2.75) is 18.7 Å². The second kappa shape index (κ2) is 5.61. The summed E-state index contributed by atoms with van der Waals surface area (Å²) in [7, 11) is 1.37. The molecule has 0 aliphatic heterocycles. The summed E-state index contributed by atoms with van der Waals surface area (Å²) in [5, 5.41) is 1.74. The smallest absolute Gasteiger partial charge is 0.330 e. The van der Waals surface area contributed by atoms with E-state index < -0.39 is 0 Å². The summed E-state index contributed by atoms with van der Waals surface area (Å²) < 4.78 is 4.50. The van der Waals surface area contributed by atoms with E-state index in [2.05, 4.69) is 22.9 Å². The van der Waals surface area contributed by atoms with Crippen molar-refractivity contribution in [2.75, 3.05) is 7.11 Å². The van der Waals surface area contributed by atoms with E-state index in [-0.39, 0.29) is 5.97 Å². The number of methoxy groups -OCH3 is 1. The minimum atomic E-state index is -0.326. The van der Waals surface area contributed by atoms with Gasteiger partial charge in [0.25, 0.3) is 0 Å². The lowest BCUT2D eigenvalue weighted by atomic mass is 10.2. The Morgan fingerprint density at radius 1 is 1.40 bits per heavy atom. The van der Waals surface area contributed by atoms with Crippen LogP contribution in [0, 0.1) is 13.8 Å². The monoisotopic (exact) mass is 222 g/mol. The molecular weight excluding hydrogens is 208 g/mol. The fourth-order valence-corrected chi connectivity index (χ4v) is 1.90. The van der Waals surface area contributed by atoms with Crippen molar-refractivity contribution in [3.8, 4) is 0 Å². The summed E-state index contributed by atoms with van der Waals surface area (Å²) >= 11 is 1.52. The molecule has 0 spiro atoms. The van der Waals surface area contributed by atoms with Gasteiger partial charge in [-0.2, -0.15) is 0 Å². The Balaban J connectivity index is 2.68. The fraction of sp³-hybridized carbons (Fsp3) is 0.250. The van der Waals surface area contributed by atoms with Gasteiger partial charge >= 0.3 is 5.97 Å². The van der Waals surface area contributed by atoms with Gasteiger partial charge in [0, 0.05) is 11.0 Å². The predicted molar refractivity (Wildman–Crippen MR) is 62.9 cm³/mol. The number of hydrogen-bond acceptors (Lipinski definition) is 3. The highest BCUT2D eigenvalue weighted by atomic mass is 32.2. The Kier molecular flexibility index (Phi) is 4.43. The quantitative estimate of drug-likeness (QED) is 0.446. The standard InChI is InChI=1S/C12H14O2S/c1-9-4-5-10(2)11(8-9)15-7-6-12(13)14-3/h4-8H,1-3H3. The summed E-state index contributed by atoms with van der Waals surface area (Å²) in [4.78, 5) is 12.0. The zero-order valence-corrected chi connectivity index (χ0v) is 9.93. The van der Waals surface area contributed by atoms with Crippen LogP contribution in [0.1, 0.15) is 11.1 Å². The molecule has 0 bridgehead atoms. The average Bonchev–Trinajstić information content (AvgIpc) is 2.23. The maximum absolute atomic E-state index is 10.8. The highest BCUT2D eigenvalue weighted by Crippen LogP contribution is 2.24. The largest absolute Gasteiger partial charge is 0.466 e. The number of rotatable bonds is 3. The van der Waals surface area contributed by atoms with Gasteiger partial charge < -0.3 is 4.74 Å². The molecule has 0 aromatic heterocycles. The average molecular weight is 222 g/mol. The Morgan fingerprint density at radius 2 is 2.13 bits per heavy atom. The number of thioether (sulfide) groups is 1. The molecule has 0 aliphatic carbocycles. The van der Waals surface area contributed by atoms with Gasteiger partial charge in [0.1, 0.15) is 0 Å². The number of esters is 1. The lowest BCUT2D eigenvalue weighted by molar-refractivity contribution is -0.134. The molecule has 0 amide bonds. The van der Waals surface area contributed by atoms with E-state index in [4.69, 9.17) is 0 Å². The third-order valence-electron chi connectivity index (χ3n) is 1.94. The number of hydrogen-bond donors (Lipinski definition) is 0. The predicted octanol–water partition coefficient (Wildman–Crippen LogP) is 3.08. The first-order chi connectivity index (χ1) is 7.13. The maximum atomic E-state index is 10.8. The number of ether oxygens (including phenoxy) is 1. The minimum Gasteiger partial charge on any atom is -0.466 e. The summed E-state index contributed by atoms with van der Waals surface area (Å²) in [6, 6.07) is 6.24.